The lowest BCUT2D eigenvalue weighted by Gasteiger charge is -2.04. The molecular formula is C13H21NO. The molecule has 1 aromatic carbocycles. The number of nitrogens with two attached hydrogens (primary N) is 1. The van der Waals surface area contributed by atoms with Gasteiger partial charge in [-0.3, -0.25) is 4.79 Å². The smallest absolute Gasteiger partial charge is 0.155 e. The van der Waals surface area contributed by atoms with E-state index in [9.17, 15) is 4.79 Å². The molecule has 84 valence electrons. The van der Waals surface area contributed by atoms with E-state index in [1.165, 1.54) is 6.42 Å². The van der Waals surface area contributed by atoms with Gasteiger partial charge in [0.05, 0.1) is 5.54 Å². The highest BCUT2D eigenvalue weighted by Crippen LogP contribution is 2.30. The number of carbonyl (C=O) groups is 1. The number of carbonyl (C=O) groups excluding carboxylic acids is 1. The van der Waals surface area contributed by atoms with E-state index >= 15 is 0 Å². The summed E-state index contributed by atoms with van der Waals surface area (Å²) in [6, 6.07) is 9.89. The molecule has 2 N–H and O–H groups in total. The van der Waals surface area contributed by atoms with E-state index < -0.39 is 5.54 Å². The highest BCUT2D eigenvalue weighted by molar-refractivity contribution is 6.05. The molecule has 1 fully saturated rings. The summed E-state index contributed by atoms with van der Waals surface area (Å²) in [5.74, 6) is 0.186. The molecule has 1 saturated carbocycles. The monoisotopic (exact) mass is 207 g/mol. The first kappa shape index (κ1) is 11.9. The Morgan fingerprint density at radius 1 is 1.33 bits per heavy atom. The Balaban J connectivity index is 0.000000511. The highest BCUT2D eigenvalue weighted by atomic mass is 16.1. The number of hydrogen-bond acceptors (Lipinski definition) is 2. The van der Waals surface area contributed by atoms with Gasteiger partial charge in [0.15, 0.2) is 5.78 Å². The van der Waals surface area contributed by atoms with Crippen molar-refractivity contribution in [1.82, 2.24) is 0 Å². The number of ketones is 1. The van der Waals surface area contributed by atoms with Gasteiger partial charge >= 0.3 is 0 Å². The van der Waals surface area contributed by atoms with E-state index in [1.807, 2.05) is 30.3 Å². The van der Waals surface area contributed by atoms with Crippen molar-refractivity contribution >= 4 is 5.78 Å². The van der Waals surface area contributed by atoms with Crippen LogP contribution in [0.2, 0.25) is 0 Å². The van der Waals surface area contributed by atoms with Gasteiger partial charge in [-0.15, -0.1) is 0 Å². The molecule has 1 aliphatic rings. The Morgan fingerprint density at radius 3 is 2.20 bits per heavy atom. The Bertz CT molecular complexity index is 326. The summed E-state index contributed by atoms with van der Waals surface area (Å²) in [6.07, 6.45) is 2.48. The van der Waals surface area contributed by atoms with E-state index in [1.54, 1.807) is 0 Å². The lowest BCUT2D eigenvalue weighted by molar-refractivity contribution is -0.111. The van der Waals surface area contributed by atoms with Gasteiger partial charge in [0.25, 0.3) is 0 Å². The van der Waals surface area contributed by atoms with Gasteiger partial charge in [-0.1, -0.05) is 50.6 Å². The van der Waals surface area contributed by atoms with Crippen LogP contribution in [0.3, 0.4) is 0 Å². The van der Waals surface area contributed by atoms with Crippen LogP contribution in [0.25, 0.3) is 0 Å². The zero-order valence-corrected chi connectivity index (χ0v) is 9.49. The zero-order valence-electron chi connectivity index (χ0n) is 9.49. The minimum Gasteiger partial charge on any atom is -0.318 e. The Morgan fingerprint density at radius 2 is 1.80 bits per heavy atom. The van der Waals surface area contributed by atoms with E-state index in [-0.39, 0.29) is 7.21 Å². The minimum atomic E-state index is -0.526. The molecule has 0 aliphatic heterocycles. The van der Waals surface area contributed by atoms with Crippen molar-refractivity contribution in [3.8, 4) is 0 Å². The lowest BCUT2D eigenvalue weighted by Crippen LogP contribution is -2.27. The lowest BCUT2D eigenvalue weighted by atomic mass is 10.1. The van der Waals surface area contributed by atoms with E-state index in [2.05, 4.69) is 13.8 Å². The largest absolute Gasteiger partial charge is 0.318 e. The second kappa shape index (κ2) is 5.08. The molecule has 2 nitrogen and oxygen atoms in total. The molecule has 1 atom stereocenters. The fourth-order valence-corrected chi connectivity index (χ4v) is 1.36. The molecule has 15 heavy (non-hydrogen) atoms. The van der Waals surface area contributed by atoms with Crippen LogP contribution < -0.4 is 5.73 Å². The molecule has 0 radical (unpaired) electrons. The summed E-state index contributed by atoms with van der Waals surface area (Å²) in [5.41, 5.74) is 6.39. The minimum absolute atomic E-state index is 0. The summed E-state index contributed by atoms with van der Waals surface area (Å²) in [5, 5.41) is 0. The highest BCUT2D eigenvalue weighted by Gasteiger charge is 2.49. The van der Waals surface area contributed by atoms with Crippen LogP contribution in [0.4, 0.5) is 0 Å². The van der Waals surface area contributed by atoms with Gasteiger partial charge in [0, 0.05) is 7.85 Å². The first-order chi connectivity index (χ1) is 7.12. The molecule has 0 aromatic heterocycles. The van der Waals surface area contributed by atoms with Gasteiger partial charge in [-0.05, 0) is 12.0 Å². The second-order valence-electron chi connectivity index (χ2n) is 4.13. The van der Waals surface area contributed by atoms with Crippen LogP contribution in [0.15, 0.2) is 30.3 Å². The van der Waals surface area contributed by atoms with E-state index in [0.717, 1.165) is 5.56 Å². The number of rotatable bonds is 2. The van der Waals surface area contributed by atoms with Crippen molar-refractivity contribution in [1.29, 1.82) is 0 Å². The molecule has 0 bridgehead atoms. The quantitative estimate of drug-likeness (QED) is 0.810. The molecule has 1 aromatic rings. The molecule has 0 amide bonds. The average Bonchev–Trinajstić information content (AvgIpc) is 2.76. The summed E-state index contributed by atoms with van der Waals surface area (Å²) in [7, 11) is 0. The third-order valence-electron chi connectivity index (χ3n) is 2.27. The predicted octanol–water partition coefficient (Wildman–Crippen LogP) is 2.56. The predicted molar refractivity (Wildman–Crippen MR) is 64.8 cm³/mol. The van der Waals surface area contributed by atoms with E-state index in [4.69, 9.17) is 5.73 Å². The van der Waals surface area contributed by atoms with Gasteiger partial charge < -0.3 is 5.73 Å². The Kier molecular flexibility index (Phi) is 4.04. The topological polar surface area (TPSA) is 43.1 Å². The second-order valence-corrected chi connectivity index (χ2v) is 4.13. The van der Waals surface area contributed by atoms with Crippen LogP contribution in [0.1, 0.15) is 33.7 Å². The first-order valence-corrected chi connectivity index (χ1v) is 5.48. The third kappa shape index (κ3) is 3.48. The van der Waals surface area contributed by atoms with Crippen LogP contribution in [0.5, 0.6) is 0 Å². The fourth-order valence-electron chi connectivity index (χ4n) is 1.36. The molecule has 0 spiro atoms. The average molecular weight is 207 g/mol. The SMILES string of the molecule is CCC.NC1(Cc2ccccc2)CC1=O.[HH]. The normalized spacial score (nSPS) is 23.0. The standard InChI is InChI=1S/C10H11NO.C3H8.H2/c11-10(7-9(10)12)6-8-4-2-1-3-5-8;1-3-2;/h1-5H,6-7,11H2;3H2,1-2H3;1H. The van der Waals surface area contributed by atoms with Crippen LogP contribution in [0, 0.1) is 0 Å². The van der Waals surface area contributed by atoms with Gasteiger partial charge in [0.1, 0.15) is 0 Å². The van der Waals surface area contributed by atoms with Gasteiger partial charge in [0.2, 0.25) is 0 Å². The summed E-state index contributed by atoms with van der Waals surface area (Å²) >= 11 is 0. The van der Waals surface area contributed by atoms with Crippen molar-refractivity contribution in [3.63, 3.8) is 0 Å². The zero-order chi connectivity index (χ0) is 11.3. The van der Waals surface area contributed by atoms with Gasteiger partial charge in [-0.25, -0.2) is 0 Å². The van der Waals surface area contributed by atoms with Crippen molar-refractivity contribution < 1.29 is 6.22 Å². The summed E-state index contributed by atoms with van der Waals surface area (Å²) in [6.45, 7) is 4.25. The van der Waals surface area contributed by atoms with Crippen molar-refractivity contribution in [3.05, 3.63) is 35.9 Å². The molecule has 1 unspecified atom stereocenters. The molecule has 2 rings (SSSR count). The molecule has 0 heterocycles. The Labute approximate surface area is 93.0 Å². The Hall–Kier alpha value is -1.15. The summed E-state index contributed by atoms with van der Waals surface area (Å²) < 4.78 is 0. The van der Waals surface area contributed by atoms with Crippen LogP contribution in [-0.4, -0.2) is 11.3 Å². The fraction of sp³-hybridized carbons (Fsp3) is 0.462. The maximum absolute atomic E-state index is 10.9. The van der Waals surface area contributed by atoms with Crippen molar-refractivity contribution in [2.24, 2.45) is 5.73 Å². The molecule has 1 aliphatic carbocycles. The molecule has 2 heteroatoms. The number of benzene rings is 1. The maximum Gasteiger partial charge on any atom is 0.155 e. The van der Waals surface area contributed by atoms with Crippen molar-refractivity contribution in [2.45, 2.75) is 38.6 Å². The maximum atomic E-state index is 10.9. The van der Waals surface area contributed by atoms with Crippen molar-refractivity contribution in [2.75, 3.05) is 0 Å². The number of hydrogen-bond donors (Lipinski definition) is 1. The summed E-state index contributed by atoms with van der Waals surface area (Å²) in [4.78, 5) is 10.9. The van der Waals surface area contributed by atoms with Crippen LogP contribution in [-0.2, 0) is 11.2 Å². The van der Waals surface area contributed by atoms with E-state index in [0.29, 0.717) is 12.8 Å². The molecular weight excluding hydrogens is 186 g/mol. The molecule has 0 saturated heterocycles. The number of Topliss-reactive ketones (excluding diaryl/α,β-unsaturated/α-hetero) is 1. The van der Waals surface area contributed by atoms with Crippen LogP contribution >= 0.6 is 0 Å². The van der Waals surface area contributed by atoms with Gasteiger partial charge in [-0.2, -0.15) is 0 Å². The first-order valence-electron chi connectivity index (χ1n) is 5.48. The third-order valence-corrected chi connectivity index (χ3v) is 2.27.